The summed E-state index contributed by atoms with van der Waals surface area (Å²) in [5.41, 5.74) is 1.02. The lowest BCUT2D eigenvalue weighted by atomic mass is 10.0. The Hall–Kier alpha value is -4.12. The van der Waals surface area contributed by atoms with E-state index in [2.05, 4.69) is 16.0 Å². The van der Waals surface area contributed by atoms with E-state index in [9.17, 15) is 24.0 Å². The Morgan fingerprint density at radius 1 is 1.02 bits per heavy atom. The van der Waals surface area contributed by atoms with Crippen molar-refractivity contribution in [3.05, 3.63) is 64.7 Å². The zero-order valence-corrected chi connectivity index (χ0v) is 25.9. The first-order chi connectivity index (χ1) is 20.4. The van der Waals surface area contributed by atoms with Gasteiger partial charge in [0.25, 0.3) is 5.91 Å². The number of halogens is 1. The Labute approximate surface area is 257 Å². The maximum absolute atomic E-state index is 13.6. The Balaban J connectivity index is 1.97. The minimum atomic E-state index is -0.946. The van der Waals surface area contributed by atoms with E-state index < -0.39 is 47.7 Å². The third-order valence-electron chi connectivity index (χ3n) is 7.22. The Morgan fingerprint density at radius 2 is 1.72 bits per heavy atom. The highest BCUT2D eigenvalue weighted by Gasteiger charge is 2.33. The molecule has 0 radical (unpaired) electrons. The van der Waals surface area contributed by atoms with Gasteiger partial charge in [0.2, 0.25) is 23.6 Å². The van der Waals surface area contributed by atoms with E-state index in [1.165, 1.54) is 36.1 Å². The van der Waals surface area contributed by atoms with Crippen molar-refractivity contribution in [1.82, 2.24) is 25.8 Å². The van der Waals surface area contributed by atoms with Crippen LogP contribution in [0.5, 0.6) is 5.75 Å². The standard InChI is InChI=1S/C31H40ClN5O6/c1-19(2)13-26-31(42)36(4)20(3)28(39)35-25(14-21-9-7-6-8-10-21)29(40)33-11-12-37(18-27(38)34-26)30(41)22-15-23(32)17-24(16-22)43-5/h6-10,15-17,19-20,25-26H,11-14,18H2,1-5H3,(H,33,40)(H,34,38)(H,35,39)/t20-,25-,26-/m0/s1. The van der Waals surface area contributed by atoms with Crippen molar-refractivity contribution in [2.45, 2.75) is 51.7 Å². The fraction of sp³-hybridized carbons (Fsp3) is 0.452. The fourth-order valence-electron chi connectivity index (χ4n) is 4.75. The summed E-state index contributed by atoms with van der Waals surface area (Å²) in [5, 5.41) is 8.61. The van der Waals surface area contributed by atoms with Gasteiger partial charge in [0.15, 0.2) is 0 Å². The van der Waals surface area contributed by atoms with Gasteiger partial charge in [-0.15, -0.1) is 0 Å². The van der Waals surface area contributed by atoms with Crippen molar-refractivity contribution in [1.29, 1.82) is 0 Å². The number of hydrogen-bond donors (Lipinski definition) is 3. The van der Waals surface area contributed by atoms with Crippen LogP contribution in [0.25, 0.3) is 0 Å². The minimum absolute atomic E-state index is 0.000520. The average molecular weight is 614 g/mol. The van der Waals surface area contributed by atoms with E-state index in [1.54, 1.807) is 13.0 Å². The third-order valence-corrected chi connectivity index (χ3v) is 7.44. The summed E-state index contributed by atoms with van der Waals surface area (Å²) >= 11 is 6.19. The molecule has 0 aromatic heterocycles. The number of ether oxygens (including phenoxy) is 1. The SMILES string of the molecule is COc1cc(Cl)cc(C(=O)N2CCNC(=O)[C@H](Cc3ccccc3)NC(=O)[C@H](C)N(C)C(=O)[C@H](CC(C)C)NC(=O)C2)c1. The van der Waals surface area contributed by atoms with Crippen LogP contribution in [0.4, 0.5) is 0 Å². The molecule has 0 unspecified atom stereocenters. The van der Waals surface area contributed by atoms with Gasteiger partial charge in [-0.1, -0.05) is 55.8 Å². The quantitative estimate of drug-likeness (QED) is 0.456. The van der Waals surface area contributed by atoms with Gasteiger partial charge in [-0.05, 0) is 43.0 Å². The maximum Gasteiger partial charge on any atom is 0.254 e. The van der Waals surface area contributed by atoms with Gasteiger partial charge in [0, 0.05) is 37.1 Å². The van der Waals surface area contributed by atoms with Crippen LogP contribution in [0.1, 0.15) is 43.1 Å². The van der Waals surface area contributed by atoms with Gasteiger partial charge in [-0.25, -0.2) is 0 Å². The Bertz CT molecular complexity index is 1320. The lowest BCUT2D eigenvalue weighted by Gasteiger charge is -2.30. The predicted molar refractivity (Wildman–Crippen MR) is 163 cm³/mol. The molecule has 232 valence electrons. The van der Waals surface area contributed by atoms with E-state index in [1.807, 2.05) is 44.2 Å². The lowest BCUT2D eigenvalue weighted by Crippen LogP contribution is -2.57. The summed E-state index contributed by atoms with van der Waals surface area (Å²) < 4.78 is 5.24. The molecule has 1 aliphatic rings. The number of rotatable bonds is 6. The monoisotopic (exact) mass is 613 g/mol. The summed E-state index contributed by atoms with van der Waals surface area (Å²) in [6.07, 6.45) is 0.531. The van der Waals surface area contributed by atoms with E-state index in [-0.39, 0.29) is 42.6 Å². The topological polar surface area (TPSA) is 137 Å². The molecule has 0 bridgehead atoms. The number of carbonyl (C=O) groups excluding carboxylic acids is 5. The predicted octanol–water partition coefficient (Wildman–Crippen LogP) is 2.03. The van der Waals surface area contributed by atoms with E-state index in [4.69, 9.17) is 16.3 Å². The number of nitrogens with zero attached hydrogens (tertiary/aromatic N) is 2. The van der Waals surface area contributed by atoms with Crippen molar-refractivity contribution in [2.75, 3.05) is 33.8 Å². The van der Waals surface area contributed by atoms with E-state index in [0.29, 0.717) is 12.2 Å². The van der Waals surface area contributed by atoms with Crippen LogP contribution in [-0.2, 0) is 25.6 Å². The first-order valence-corrected chi connectivity index (χ1v) is 14.6. The van der Waals surface area contributed by atoms with Crippen LogP contribution in [-0.4, -0.2) is 91.3 Å². The maximum atomic E-state index is 13.6. The smallest absolute Gasteiger partial charge is 0.254 e. The van der Waals surface area contributed by atoms with Gasteiger partial charge < -0.3 is 30.5 Å². The highest BCUT2D eigenvalue weighted by Crippen LogP contribution is 2.22. The molecule has 2 aromatic rings. The normalized spacial score (nSPS) is 21.0. The molecule has 11 nitrogen and oxygen atoms in total. The molecule has 1 heterocycles. The number of carbonyl (C=O) groups is 5. The van der Waals surface area contributed by atoms with E-state index >= 15 is 0 Å². The van der Waals surface area contributed by atoms with Crippen molar-refractivity contribution in [2.24, 2.45) is 5.92 Å². The molecule has 0 saturated carbocycles. The second kappa shape index (κ2) is 15.4. The van der Waals surface area contributed by atoms with Gasteiger partial charge >= 0.3 is 0 Å². The summed E-state index contributed by atoms with van der Waals surface area (Å²) in [5.74, 6) is -2.10. The molecular formula is C31H40ClN5O6. The van der Waals surface area contributed by atoms with Crippen molar-refractivity contribution >= 4 is 41.1 Å². The van der Waals surface area contributed by atoms with Crippen LogP contribution in [0.15, 0.2) is 48.5 Å². The molecule has 1 saturated heterocycles. The first-order valence-electron chi connectivity index (χ1n) is 14.2. The molecule has 0 aliphatic carbocycles. The molecule has 12 heteroatoms. The summed E-state index contributed by atoms with van der Waals surface area (Å²) in [6.45, 7) is 4.99. The highest BCUT2D eigenvalue weighted by molar-refractivity contribution is 6.31. The third kappa shape index (κ3) is 9.44. The Kier molecular flexibility index (Phi) is 11.9. The molecule has 3 N–H and O–H groups in total. The molecule has 3 rings (SSSR count). The summed E-state index contributed by atoms with van der Waals surface area (Å²) in [4.78, 5) is 69.6. The summed E-state index contributed by atoms with van der Waals surface area (Å²) in [7, 11) is 2.93. The van der Waals surface area contributed by atoms with Crippen molar-refractivity contribution in [3.8, 4) is 5.75 Å². The molecule has 0 spiro atoms. The lowest BCUT2D eigenvalue weighted by molar-refractivity contribution is -0.142. The molecule has 1 aliphatic heterocycles. The molecule has 1 fully saturated rings. The van der Waals surface area contributed by atoms with Gasteiger partial charge in [-0.3, -0.25) is 24.0 Å². The molecule has 5 amide bonds. The number of hydrogen-bond acceptors (Lipinski definition) is 6. The van der Waals surface area contributed by atoms with Crippen LogP contribution >= 0.6 is 11.6 Å². The Morgan fingerprint density at radius 3 is 2.37 bits per heavy atom. The minimum Gasteiger partial charge on any atom is -0.497 e. The number of likely N-dealkylation sites (N-methyl/N-ethyl adjacent to an activating group) is 1. The molecule has 2 aromatic carbocycles. The molecule has 3 atom stereocenters. The van der Waals surface area contributed by atoms with Gasteiger partial charge in [-0.2, -0.15) is 0 Å². The van der Waals surface area contributed by atoms with Gasteiger partial charge in [0.1, 0.15) is 23.9 Å². The average Bonchev–Trinajstić information content (AvgIpc) is 2.97. The fourth-order valence-corrected chi connectivity index (χ4v) is 4.97. The summed E-state index contributed by atoms with van der Waals surface area (Å²) in [6, 6.07) is 10.9. The van der Waals surface area contributed by atoms with E-state index in [0.717, 1.165) is 5.56 Å². The largest absolute Gasteiger partial charge is 0.497 e. The highest BCUT2D eigenvalue weighted by atomic mass is 35.5. The van der Waals surface area contributed by atoms with Crippen molar-refractivity contribution < 1.29 is 28.7 Å². The second-order valence-corrected chi connectivity index (χ2v) is 11.5. The van der Waals surface area contributed by atoms with Crippen molar-refractivity contribution in [3.63, 3.8) is 0 Å². The second-order valence-electron chi connectivity index (χ2n) is 11.0. The zero-order chi connectivity index (χ0) is 31.7. The number of nitrogens with one attached hydrogen (secondary N) is 3. The van der Waals surface area contributed by atoms with Crippen LogP contribution in [0, 0.1) is 5.92 Å². The van der Waals surface area contributed by atoms with Crippen LogP contribution in [0.2, 0.25) is 5.02 Å². The zero-order valence-electron chi connectivity index (χ0n) is 25.2. The van der Waals surface area contributed by atoms with Crippen LogP contribution in [0.3, 0.4) is 0 Å². The number of methoxy groups -OCH3 is 1. The van der Waals surface area contributed by atoms with Gasteiger partial charge in [0.05, 0.1) is 13.7 Å². The molecular weight excluding hydrogens is 574 g/mol. The number of benzene rings is 2. The molecule has 43 heavy (non-hydrogen) atoms. The van der Waals surface area contributed by atoms with Crippen LogP contribution < -0.4 is 20.7 Å². The number of amides is 5. The first kappa shape index (κ1) is 33.4.